The van der Waals surface area contributed by atoms with Crippen LogP contribution in [0.25, 0.3) is 5.52 Å². The van der Waals surface area contributed by atoms with E-state index in [-0.39, 0.29) is 0 Å². The van der Waals surface area contributed by atoms with E-state index in [0.29, 0.717) is 16.9 Å². The average Bonchev–Trinajstić information content (AvgIpc) is 3.07. The van der Waals surface area contributed by atoms with Crippen molar-refractivity contribution in [3.63, 3.8) is 0 Å². The Morgan fingerprint density at radius 1 is 1.04 bits per heavy atom. The van der Waals surface area contributed by atoms with Gasteiger partial charge in [-0.15, -0.1) is 0 Å². The van der Waals surface area contributed by atoms with Crippen LogP contribution in [0.5, 0.6) is 11.5 Å². The highest BCUT2D eigenvalue weighted by atomic mass is 16.5. The molecular weight excluding hydrogens is 356 g/mol. The zero-order chi connectivity index (χ0) is 19.5. The number of hydrogen-bond donors (Lipinski definition) is 1. The van der Waals surface area contributed by atoms with Crippen molar-refractivity contribution >= 4 is 23.0 Å². The van der Waals surface area contributed by atoms with Crippen molar-refractivity contribution in [1.82, 2.24) is 14.6 Å². The van der Waals surface area contributed by atoms with E-state index in [9.17, 15) is 4.79 Å². The fraction of sp³-hybridized carbons (Fsp3) is 0.0952. The van der Waals surface area contributed by atoms with Crippen molar-refractivity contribution in [2.24, 2.45) is 0 Å². The first-order valence-electron chi connectivity index (χ1n) is 8.67. The molecule has 7 heteroatoms. The summed E-state index contributed by atoms with van der Waals surface area (Å²) in [6.07, 6.45) is 3.07. The Morgan fingerprint density at radius 3 is 2.46 bits per heavy atom. The number of para-hydroxylation sites is 1. The second kappa shape index (κ2) is 7.40. The number of carbonyl (C=O) groups is 1. The van der Waals surface area contributed by atoms with Crippen LogP contribution in [-0.4, -0.2) is 27.7 Å². The van der Waals surface area contributed by atoms with Crippen LogP contribution < -0.4 is 10.1 Å². The summed E-state index contributed by atoms with van der Waals surface area (Å²) < 4.78 is 12.3. The molecule has 140 valence electrons. The van der Waals surface area contributed by atoms with E-state index in [4.69, 9.17) is 9.47 Å². The highest BCUT2D eigenvalue weighted by molar-refractivity contribution is 5.95. The van der Waals surface area contributed by atoms with Crippen LogP contribution in [0.1, 0.15) is 15.9 Å². The molecular formula is C21H18N4O3. The number of benzene rings is 2. The molecule has 0 atom stereocenters. The Morgan fingerprint density at radius 2 is 1.75 bits per heavy atom. The van der Waals surface area contributed by atoms with Crippen LogP contribution in [0.4, 0.5) is 11.5 Å². The lowest BCUT2D eigenvalue weighted by Gasteiger charge is -2.09. The lowest BCUT2D eigenvalue weighted by atomic mass is 10.2. The van der Waals surface area contributed by atoms with Gasteiger partial charge in [-0.25, -0.2) is 14.3 Å². The zero-order valence-corrected chi connectivity index (χ0v) is 15.4. The van der Waals surface area contributed by atoms with E-state index in [2.05, 4.69) is 15.4 Å². The van der Waals surface area contributed by atoms with E-state index < -0.39 is 5.97 Å². The second-order valence-corrected chi connectivity index (χ2v) is 6.13. The number of rotatable bonds is 5. The Hall–Kier alpha value is -3.87. The second-order valence-electron chi connectivity index (χ2n) is 6.13. The minimum atomic E-state index is -0.406. The van der Waals surface area contributed by atoms with Gasteiger partial charge in [-0.3, -0.25) is 0 Å². The number of methoxy groups -OCH3 is 1. The summed E-state index contributed by atoms with van der Waals surface area (Å²) in [7, 11) is 1.36. The van der Waals surface area contributed by atoms with Crippen molar-refractivity contribution in [3.05, 3.63) is 78.2 Å². The molecule has 2 aromatic carbocycles. The van der Waals surface area contributed by atoms with Gasteiger partial charge in [-0.1, -0.05) is 18.2 Å². The van der Waals surface area contributed by atoms with Gasteiger partial charge in [0, 0.05) is 11.9 Å². The van der Waals surface area contributed by atoms with Crippen LogP contribution in [0, 0.1) is 6.92 Å². The minimum absolute atomic E-state index is 0.406. The van der Waals surface area contributed by atoms with Gasteiger partial charge in [0.15, 0.2) is 5.82 Å². The number of carbonyl (C=O) groups excluding carboxylic acids is 1. The van der Waals surface area contributed by atoms with E-state index in [0.717, 1.165) is 22.7 Å². The van der Waals surface area contributed by atoms with Crippen molar-refractivity contribution in [2.75, 3.05) is 12.4 Å². The summed E-state index contributed by atoms with van der Waals surface area (Å²) in [5.41, 5.74) is 2.75. The number of ether oxygens (including phenoxy) is 2. The molecule has 0 aliphatic rings. The molecule has 4 aromatic rings. The fourth-order valence-corrected chi connectivity index (χ4v) is 2.94. The lowest BCUT2D eigenvalue weighted by molar-refractivity contribution is 0.0600. The van der Waals surface area contributed by atoms with Gasteiger partial charge in [0.1, 0.15) is 23.3 Å². The van der Waals surface area contributed by atoms with Gasteiger partial charge in [0.25, 0.3) is 0 Å². The summed E-state index contributed by atoms with van der Waals surface area (Å²) in [6.45, 7) is 1.84. The molecule has 0 saturated carbocycles. The van der Waals surface area contributed by atoms with Crippen molar-refractivity contribution < 1.29 is 14.3 Å². The SMILES string of the molecule is COC(=O)c1cn2ncnc(Nc3ccc(Oc4ccccc4)cc3)c2c1C. The quantitative estimate of drug-likeness (QED) is 0.523. The first-order valence-corrected chi connectivity index (χ1v) is 8.67. The van der Waals surface area contributed by atoms with Crippen molar-refractivity contribution in [2.45, 2.75) is 6.92 Å². The average molecular weight is 374 g/mol. The lowest BCUT2D eigenvalue weighted by Crippen LogP contribution is -2.01. The molecule has 0 fully saturated rings. The van der Waals surface area contributed by atoms with Crippen molar-refractivity contribution in [1.29, 1.82) is 0 Å². The van der Waals surface area contributed by atoms with Crippen LogP contribution in [-0.2, 0) is 4.74 Å². The molecule has 7 nitrogen and oxygen atoms in total. The van der Waals surface area contributed by atoms with Gasteiger partial charge < -0.3 is 14.8 Å². The first-order chi connectivity index (χ1) is 13.7. The fourth-order valence-electron chi connectivity index (χ4n) is 2.94. The predicted octanol–water partition coefficient (Wildman–Crippen LogP) is 4.36. The molecule has 1 N–H and O–H groups in total. The van der Waals surface area contributed by atoms with Gasteiger partial charge in [-0.05, 0) is 48.9 Å². The van der Waals surface area contributed by atoms with Gasteiger partial charge in [-0.2, -0.15) is 5.10 Å². The zero-order valence-electron chi connectivity index (χ0n) is 15.4. The summed E-state index contributed by atoms with van der Waals surface area (Å²) in [5.74, 6) is 1.70. The number of aryl methyl sites for hydroxylation is 1. The van der Waals surface area contributed by atoms with Gasteiger partial charge >= 0.3 is 5.97 Å². The number of anilines is 2. The molecule has 2 aromatic heterocycles. The maximum atomic E-state index is 11.9. The van der Waals surface area contributed by atoms with Crippen molar-refractivity contribution in [3.8, 4) is 11.5 Å². The monoisotopic (exact) mass is 374 g/mol. The van der Waals surface area contributed by atoms with E-state index >= 15 is 0 Å². The standard InChI is InChI=1S/C21H18N4O3/c1-14-18(21(26)27-2)12-25-19(14)20(22-13-23-25)24-15-8-10-17(11-9-15)28-16-6-4-3-5-7-16/h3-13H,1-2H3,(H,22,23,24). The number of esters is 1. The Labute approximate surface area is 161 Å². The summed E-state index contributed by atoms with van der Waals surface area (Å²) >= 11 is 0. The van der Waals surface area contributed by atoms with Crippen LogP contribution >= 0.6 is 0 Å². The molecule has 4 rings (SSSR count). The number of nitrogens with one attached hydrogen (secondary N) is 1. The summed E-state index contributed by atoms with van der Waals surface area (Å²) in [5, 5.41) is 7.45. The van der Waals surface area contributed by atoms with E-state index in [1.807, 2.05) is 61.5 Å². The number of fused-ring (bicyclic) bond motifs is 1. The number of aromatic nitrogens is 3. The van der Waals surface area contributed by atoms with E-state index in [1.54, 1.807) is 10.7 Å². The van der Waals surface area contributed by atoms with Gasteiger partial charge in [0.05, 0.1) is 12.7 Å². The maximum Gasteiger partial charge on any atom is 0.339 e. The summed E-state index contributed by atoms with van der Waals surface area (Å²) in [4.78, 5) is 16.3. The minimum Gasteiger partial charge on any atom is -0.465 e. The topological polar surface area (TPSA) is 77.8 Å². The smallest absolute Gasteiger partial charge is 0.339 e. The van der Waals surface area contributed by atoms with Crippen LogP contribution in [0.2, 0.25) is 0 Å². The molecule has 2 heterocycles. The Balaban J connectivity index is 1.60. The third kappa shape index (κ3) is 3.37. The molecule has 0 amide bonds. The first kappa shape index (κ1) is 17.5. The molecule has 0 bridgehead atoms. The molecule has 0 unspecified atom stereocenters. The molecule has 0 aliphatic carbocycles. The third-order valence-corrected chi connectivity index (χ3v) is 4.33. The Bertz CT molecular complexity index is 1120. The predicted molar refractivity (Wildman–Crippen MR) is 105 cm³/mol. The van der Waals surface area contributed by atoms with Crippen LogP contribution in [0.3, 0.4) is 0 Å². The number of hydrogen-bond acceptors (Lipinski definition) is 6. The molecule has 0 radical (unpaired) electrons. The van der Waals surface area contributed by atoms with E-state index in [1.165, 1.54) is 13.4 Å². The molecule has 0 aliphatic heterocycles. The van der Waals surface area contributed by atoms with Gasteiger partial charge in [0.2, 0.25) is 0 Å². The molecule has 28 heavy (non-hydrogen) atoms. The summed E-state index contributed by atoms with van der Waals surface area (Å²) in [6, 6.07) is 17.1. The normalized spacial score (nSPS) is 10.6. The third-order valence-electron chi connectivity index (χ3n) is 4.33. The largest absolute Gasteiger partial charge is 0.465 e. The van der Waals surface area contributed by atoms with Crippen LogP contribution in [0.15, 0.2) is 67.1 Å². The molecule has 0 saturated heterocycles. The Kier molecular flexibility index (Phi) is 4.63. The number of nitrogens with zero attached hydrogens (tertiary/aromatic N) is 3. The maximum absolute atomic E-state index is 11.9. The molecule has 0 spiro atoms. The highest BCUT2D eigenvalue weighted by Crippen LogP contribution is 2.27. The highest BCUT2D eigenvalue weighted by Gasteiger charge is 2.18.